The summed E-state index contributed by atoms with van der Waals surface area (Å²) < 4.78 is 0. The number of benzene rings is 1. The maximum absolute atomic E-state index is 4.57. The summed E-state index contributed by atoms with van der Waals surface area (Å²) in [5.74, 6) is 1.70. The number of anilines is 4. The molecule has 2 N–H and O–H groups in total. The molecule has 0 spiro atoms. The fraction of sp³-hybridized carbons (Fsp3) is 0.263. The van der Waals surface area contributed by atoms with Gasteiger partial charge in [-0.05, 0) is 37.6 Å². The Morgan fingerprint density at radius 3 is 2.35 bits per heavy atom. The van der Waals surface area contributed by atoms with Crippen molar-refractivity contribution in [1.29, 1.82) is 0 Å². The highest BCUT2D eigenvalue weighted by molar-refractivity contribution is 5.55. The maximum Gasteiger partial charge on any atom is 0.233 e. The zero-order chi connectivity index (χ0) is 18.2. The molecule has 134 valence electrons. The minimum Gasteiger partial charge on any atom is -0.350 e. The van der Waals surface area contributed by atoms with Gasteiger partial charge in [0.15, 0.2) is 0 Å². The second kappa shape index (κ2) is 8.75. The smallest absolute Gasteiger partial charge is 0.233 e. The van der Waals surface area contributed by atoms with Gasteiger partial charge < -0.3 is 15.5 Å². The molecule has 0 atom stereocenters. The maximum atomic E-state index is 4.57. The Balaban J connectivity index is 1.84. The van der Waals surface area contributed by atoms with Gasteiger partial charge in [0.1, 0.15) is 0 Å². The van der Waals surface area contributed by atoms with Gasteiger partial charge in [-0.1, -0.05) is 24.3 Å². The van der Waals surface area contributed by atoms with Crippen molar-refractivity contribution in [3.63, 3.8) is 0 Å². The van der Waals surface area contributed by atoms with E-state index < -0.39 is 0 Å². The van der Waals surface area contributed by atoms with Crippen LogP contribution in [0.25, 0.3) is 0 Å². The van der Waals surface area contributed by atoms with Crippen LogP contribution in [0, 0.1) is 0 Å². The van der Waals surface area contributed by atoms with Crippen LogP contribution >= 0.6 is 0 Å². The van der Waals surface area contributed by atoms with Crippen LogP contribution < -0.4 is 15.5 Å². The molecule has 0 bridgehead atoms. The number of hydrogen-bond acceptors (Lipinski definition) is 7. The van der Waals surface area contributed by atoms with E-state index in [4.69, 9.17) is 0 Å². The van der Waals surface area contributed by atoms with Crippen LogP contribution in [-0.4, -0.2) is 33.0 Å². The third kappa shape index (κ3) is 4.66. The van der Waals surface area contributed by atoms with Crippen molar-refractivity contribution in [2.45, 2.75) is 20.4 Å². The number of hydrogen-bond donors (Lipinski definition) is 2. The van der Waals surface area contributed by atoms with E-state index in [9.17, 15) is 0 Å². The zero-order valence-corrected chi connectivity index (χ0v) is 15.1. The monoisotopic (exact) mass is 349 g/mol. The zero-order valence-electron chi connectivity index (χ0n) is 15.1. The van der Waals surface area contributed by atoms with Crippen molar-refractivity contribution >= 4 is 23.5 Å². The molecule has 1 aromatic carbocycles. The predicted octanol–water partition coefficient (Wildman–Crippen LogP) is 3.47. The Bertz CT molecular complexity index is 805. The topological polar surface area (TPSA) is 78.9 Å². The molecule has 26 heavy (non-hydrogen) atoms. The molecule has 3 aromatic rings. The molecule has 3 rings (SSSR count). The van der Waals surface area contributed by atoms with Crippen LogP contribution in [0.4, 0.5) is 23.5 Å². The Kier molecular flexibility index (Phi) is 5.92. The first-order chi connectivity index (χ1) is 12.8. The van der Waals surface area contributed by atoms with Gasteiger partial charge in [-0.2, -0.15) is 15.0 Å². The number of pyridine rings is 1. The van der Waals surface area contributed by atoms with E-state index in [0.29, 0.717) is 24.4 Å². The molecule has 7 nitrogen and oxygen atoms in total. The summed E-state index contributed by atoms with van der Waals surface area (Å²) in [7, 11) is 0. The van der Waals surface area contributed by atoms with Crippen LogP contribution in [-0.2, 0) is 6.54 Å². The Labute approximate surface area is 153 Å². The molecule has 0 aliphatic carbocycles. The van der Waals surface area contributed by atoms with Crippen LogP contribution in [0.1, 0.15) is 19.4 Å². The summed E-state index contributed by atoms with van der Waals surface area (Å²) in [5.41, 5.74) is 2.00. The van der Waals surface area contributed by atoms with Gasteiger partial charge in [0, 0.05) is 37.7 Å². The molecule has 0 aliphatic heterocycles. The van der Waals surface area contributed by atoms with Crippen LogP contribution in [0.5, 0.6) is 0 Å². The Hall–Kier alpha value is -3.22. The first kappa shape index (κ1) is 17.6. The second-order valence-electron chi connectivity index (χ2n) is 5.66. The van der Waals surface area contributed by atoms with Crippen molar-refractivity contribution in [3.05, 3.63) is 60.4 Å². The van der Waals surface area contributed by atoms with Gasteiger partial charge in [-0.3, -0.25) is 4.98 Å². The van der Waals surface area contributed by atoms with E-state index in [2.05, 4.69) is 49.3 Å². The van der Waals surface area contributed by atoms with E-state index in [1.807, 2.05) is 48.7 Å². The van der Waals surface area contributed by atoms with E-state index >= 15 is 0 Å². The summed E-state index contributed by atoms with van der Waals surface area (Å²) >= 11 is 0. The molecule has 0 amide bonds. The first-order valence-corrected chi connectivity index (χ1v) is 8.74. The van der Waals surface area contributed by atoms with E-state index in [1.165, 1.54) is 0 Å². The van der Waals surface area contributed by atoms with Gasteiger partial charge in [-0.25, -0.2) is 0 Å². The molecule has 0 fully saturated rings. The van der Waals surface area contributed by atoms with Crippen molar-refractivity contribution in [3.8, 4) is 0 Å². The lowest BCUT2D eigenvalue weighted by Gasteiger charge is -2.20. The average Bonchev–Trinajstić information content (AvgIpc) is 2.69. The minimum atomic E-state index is 0.516. The average molecular weight is 349 g/mol. The molecular weight excluding hydrogens is 326 g/mol. The lowest BCUT2D eigenvalue weighted by atomic mass is 10.3. The lowest BCUT2D eigenvalue weighted by molar-refractivity contribution is 0.813. The normalized spacial score (nSPS) is 10.4. The van der Waals surface area contributed by atoms with E-state index in [-0.39, 0.29) is 0 Å². The predicted molar refractivity (Wildman–Crippen MR) is 105 cm³/mol. The van der Waals surface area contributed by atoms with E-state index in [0.717, 1.165) is 24.3 Å². The van der Waals surface area contributed by atoms with Gasteiger partial charge in [0.05, 0.1) is 0 Å². The molecule has 2 aromatic heterocycles. The highest BCUT2D eigenvalue weighted by Crippen LogP contribution is 2.18. The molecule has 0 saturated heterocycles. The summed E-state index contributed by atoms with van der Waals surface area (Å²) in [6.07, 6.45) is 3.58. The fourth-order valence-electron chi connectivity index (χ4n) is 2.48. The van der Waals surface area contributed by atoms with Crippen molar-refractivity contribution < 1.29 is 0 Å². The second-order valence-corrected chi connectivity index (χ2v) is 5.66. The fourth-order valence-corrected chi connectivity index (χ4v) is 2.48. The standard InChI is InChI=1S/C19H23N7/c1-3-26(4-2)19-24-17(21-14-15-9-8-12-20-13-15)23-18(25-19)22-16-10-6-5-7-11-16/h5-13H,3-4,14H2,1-2H3,(H2,21,22,23,24,25). The van der Waals surface area contributed by atoms with Gasteiger partial charge in [0.25, 0.3) is 0 Å². The van der Waals surface area contributed by atoms with Crippen molar-refractivity contribution in [2.24, 2.45) is 0 Å². The van der Waals surface area contributed by atoms with Crippen LogP contribution in [0.2, 0.25) is 0 Å². The van der Waals surface area contributed by atoms with Crippen molar-refractivity contribution in [1.82, 2.24) is 19.9 Å². The third-order valence-corrected chi connectivity index (χ3v) is 3.87. The molecule has 0 aliphatic rings. The molecule has 7 heteroatoms. The highest BCUT2D eigenvalue weighted by Gasteiger charge is 2.11. The van der Waals surface area contributed by atoms with Crippen LogP contribution in [0.15, 0.2) is 54.9 Å². The van der Waals surface area contributed by atoms with Gasteiger partial charge >= 0.3 is 0 Å². The minimum absolute atomic E-state index is 0.516. The Morgan fingerprint density at radius 1 is 0.885 bits per heavy atom. The van der Waals surface area contributed by atoms with Gasteiger partial charge in [0.2, 0.25) is 17.8 Å². The molecule has 2 heterocycles. The number of rotatable bonds is 8. The quantitative estimate of drug-likeness (QED) is 0.644. The van der Waals surface area contributed by atoms with Crippen LogP contribution in [0.3, 0.4) is 0 Å². The number of nitrogens with zero attached hydrogens (tertiary/aromatic N) is 5. The van der Waals surface area contributed by atoms with E-state index in [1.54, 1.807) is 6.20 Å². The SMILES string of the molecule is CCN(CC)c1nc(NCc2cccnc2)nc(Nc2ccccc2)n1. The summed E-state index contributed by atoms with van der Waals surface area (Å²) in [6, 6.07) is 13.8. The van der Waals surface area contributed by atoms with Gasteiger partial charge in [-0.15, -0.1) is 0 Å². The highest BCUT2D eigenvalue weighted by atomic mass is 15.3. The molecule has 0 saturated carbocycles. The number of para-hydroxylation sites is 1. The first-order valence-electron chi connectivity index (χ1n) is 8.74. The summed E-state index contributed by atoms with van der Waals surface area (Å²) in [4.78, 5) is 19.9. The molecule has 0 radical (unpaired) electrons. The summed E-state index contributed by atoms with van der Waals surface area (Å²) in [5, 5.41) is 6.51. The molecule has 0 unspecified atom stereocenters. The molecular formula is C19H23N7. The number of nitrogens with one attached hydrogen (secondary N) is 2. The number of aromatic nitrogens is 4. The Morgan fingerprint density at radius 2 is 1.65 bits per heavy atom. The lowest BCUT2D eigenvalue weighted by Crippen LogP contribution is -2.25. The third-order valence-electron chi connectivity index (χ3n) is 3.87. The van der Waals surface area contributed by atoms with Crippen molar-refractivity contribution in [2.75, 3.05) is 28.6 Å². The summed E-state index contributed by atoms with van der Waals surface area (Å²) in [6.45, 7) is 6.42. The largest absolute Gasteiger partial charge is 0.350 e.